The van der Waals surface area contributed by atoms with Crippen molar-refractivity contribution in [2.45, 2.75) is 11.6 Å². The van der Waals surface area contributed by atoms with Crippen molar-refractivity contribution in [2.75, 3.05) is 26.4 Å². The average Bonchev–Trinajstić information content (AvgIpc) is 2.25. The topological polar surface area (TPSA) is 93.1 Å². The number of carboxylic acid groups (broad SMARTS) is 1. The van der Waals surface area contributed by atoms with Crippen LogP contribution in [0.2, 0.25) is 0 Å². The molecule has 0 aliphatic carbocycles. The van der Waals surface area contributed by atoms with E-state index in [-0.39, 0.29) is 19.8 Å². The predicted molar refractivity (Wildman–Crippen MR) is 50.3 cm³/mol. The van der Waals surface area contributed by atoms with Crippen LogP contribution in [-0.2, 0) is 19.0 Å². The smallest absolute Gasteiger partial charge is 0.465 e. The Kier molecular flexibility index (Phi) is 4.40. The summed E-state index contributed by atoms with van der Waals surface area (Å²) in [5.74, 6) is 0. The summed E-state index contributed by atoms with van der Waals surface area (Å²) in [5, 5.41) is 8.74. The highest BCUT2D eigenvalue weighted by Gasteiger charge is 2.48. The molecule has 0 aromatic heterocycles. The van der Waals surface area contributed by atoms with Crippen LogP contribution in [0.3, 0.4) is 0 Å². The maximum Gasteiger partial charge on any atom is 0.523 e. The maximum absolute atomic E-state index is 12.0. The number of alkyl halides is 3. The van der Waals surface area contributed by atoms with E-state index in [1.165, 1.54) is 0 Å². The molecule has 1 atom stereocenters. The number of nitrogens with zero attached hydrogens (tertiary/aromatic N) is 1. The molecule has 0 saturated carbocycles. The van der Waals surface area contributed by atoms with Gasteiger partial charge < -0.3 is 9.84 Å². The van der Waals surface area contributed by atoms with Crippen molar-refractivity contribution in [3.05, 3.63) is 0 Å². The quantitative estimate of drug-likeness (QED) is 0.591. The molecular weight excluding hydrogens is 283 g/mol. The van der Waals surface area contributed by atoms with E-state index in [0.717, 1.165) is 4.90 Å². The fourth-order valence-corrected chi connectivity index (χ4v) is 1.75. The molecule has 11 heteroatoms. The lowest BCUT2D eigenvalue weighted by molar-refractivity contribution is -0.0592. The first-order valence-electron chi connectivity index (χ1n) is 4.68. The zero-order chi connectivity index (χ0) is 14.0. The van der Waals surface area contributed by atoms with E-state index >= 15 is 0 Å². The molecule has 0 spiro atoms. The number of ether oxygens (including phenoxy) is 1. The van der Waals surface area contributed by atoms with Crippen LogP contribution in [0.15, 0.2) is 0 Å². The number of carbonyl (C=O) groups is 1. The van der Waals surface area contributed by atoms with Gasteiger partial charge in [-0.1, -0.05) is 0 Å². The summed E-state index contributed by atoms with van der Waals surface area (Å²) in [6.45, 7) is -1.13. The summed E-state index contributed by atoms with van der Waals surface area (Å²) >= 11 is 0. The fourth-order valence-electron chi connectivity index (χ4n) is 1.28. The second kappa shape index (κ2) is 5.28. The molecule has 18 heavy (non-hydrogen) atoms. The molecule has 7 nitrogen and oxygen atoms in total. The van der Waals surface area contributed by atoms with E-state index in [1.807, 2.05) is 0 Å². The van der Waals surface area contributed by atoms with Crippen LogP contribution in [-0.4, -0.2) is 62.4 Å². The molecule has 1 fully saturated rings. The predicted octanol–water partition coefficient (Wildman–Crippen LogP) is 0.231. The molecule has 1 N–H and O–H groups in total. The van der Waals surface area contributed by atoms with Crippen molar-refractivity contribution < 1.29 is 40.4 Å². The van der Waals surface area contributed by atoms with Crippen LogP contribution in [0, 0.1) is 0 Å². The third-order valence-corrected chi connectivity index (χ3v) is 3.19. The van der Waals surface area contributed by atoms with Gasteiger partial charge in [-0.3, -0.25) is 9.08 Å². The molecule has 0 aromatic carbocycles. The van der Waals surface area contributed by atoms with Crippen LogP contribution in [0.1, 0.15) is 0 Å². The van der Waals surface area contributed by atoms with Crippen molar-refractivity contribution >= 4 is 16.2 Å². The largest absolute Gasteiger partial charge is 0.523 e. The van der Waals surface area contributed by atoms with Crippen molar-refractivity contribution in [3.63, 3.8) is 0 Å². The standard InChI is InChI=1S/C7H10F3NO6S/c8-7(9,10)18(14,15)17-4-5-3-16-2-1-11(5)6(12)13/h5H,1-4H2,(H,12,13). The Morgan fingerprint density at radius 2 is 2.11 bits per heavy atom. The van der Waals surface area contributed by atoms with Crippen molar-refractivity contribution in [2.24, 2.45) is 0 Å². The van der Waals surface area contributed by atoms with Gasteiger partial charge in [0.25, 0.3) is 0 Å². The fraction of sp³-hybridized carbons (Fsp3) is 0.857. The number of hydrogen-bond donors (Lipinski definition) is 1. The monoisotopic (exact) mass is 293 g/mol. The Bertz CT molecular complexity index is 408. The van der Waals surface area contributed by atoms with Gasteiger partial charge in [0, 0.05) is 6.54 Å². The van der Waals surface area contributed by atoms with Gasteiger partial charge in [0.15, 0.2) is 0 Å². The van der Waals surface area contributed by atoms with Crippen LogP contribution < -0.4 is 0 Å². The van der Waals surface area contributed by atoms with Gasteiger partial charge in [-0.25, -0.2) is 4.79 Å². The number of rotatable bonds is 3. The number of morpholine rings is 1. The van der Waals surface area contributed by atoms with E-state index in [4.69, 9.17) is 9.84 Å². The summed E-state index contributed by atoms with van der Waals surface area (Å²) in [5.41, 5.74) is -5.53. The molecule has 1 rings (SSSR count). The summed E-state index contributed by atoms with van der Waals surface area (Å²) in [6.07, 6.45) is -1.38. The summed E-state index contributed by atoms with van der Waals surface area (Å²) in [4.78, 5) is 11.5. The third-order valence-electron chi connectivity index (χ3n) is 2.17. The molecule has 0 bridgehead atoms. The Hall–Kier alpha value is -1.07. The highest BCUT2D eigenvalue weighted by atomic mass is 32.2. The van der Waals surface area contributed by atoms with E-state index in [2.05, 4.69) is 4.18 Å². The Balaban J connectivity index is 2.64. The molecule has 1 unspecified atom stereocenters. The highest BCUT2D eigenvalue weighted by Crippen LogP contribution is 2.25. The van der Waals surface area contributed by atoms with E-state index in [9.17, 15) is 26.4 Å². The van der Waals surface area contributed by atoms with Gasteiger partial charge in [0.05, 0.1) is 25.9 Å². The zero-order valence-electron chi connectivity index (χ0n) is 8.88. The second-order valence-corrected chi connectivity index (χ2v) is 5.00. The minimum atomic E-state index is -5.72. The lowest BCUT2D eigenvalue weighted by Crippen LogP contribution is -2.51. The summed E-state index contributed by atoms with van der Waals surface area (Å²) in [6, 6.07) is -1.09. The number of halogens is 3. The molecule has 1 aliphatic heterocycles. The lowest BCUT2D eigenvalue weighted by Gasteiger charge is -2.32. The van der Waals surface area contributed by atoms with E-state index in [1.54, 1.807) is 0 Å². The Morgan fingerprint density at radius 3 is 2.61 bits per heavy atom. The molecule has 106 valence electrons. The lowest BCUT2D eigenvalue weighted by atomic mass is 10.2. The first-order valence-corrected chi connectivity index (χ1v) is 6.09. The van der Waals surface area contributed by atoms with Gasteiger partial charge in [-0.05, 0) is 0 Å². The summed E-state index contributed by atoms with van der Waals surface area (Å²) < 4.78 is 65.8. The Labute approximate surface area is 100 Å². The van der Waals surface area contributed by atoms with Gasteiger partial charge in [0.1, 0.15) is 0 Å². The van der Waals surface area contributed by atoms with Gasteiger partial charge in [-0.15, -0.1) is 0 Å². The van der Waals surface area contributed by atoms with E-state index in [0.29, 0.717) is 0 Å². The molecule has 0 aromatic rings. The highest BCUT2D eigenvalue weighted by molar-refractivity contribution is 7.87. The first kappa shape index (κ1) is 15.0. The normalized spacial score (nSPS) is 21.9. The number of amides is 1. The van der Waals surface area contributed by atoms with Crippen LogP contribution >= 0.6 is 0 Å². The van der Waals surface area contributed by atoms with Crippen molar-refractivity contribution in [1.82, 2.24) is 4.90 Å². The summed E-state index contributed by atoms with van der Waals surface area (Å²) in [7, 11) is -5.72. The Morgan fingerprint density at radius 1 is 1.50 bits per heavy atom. The van der Waals surface area contributed by atoms with Gasteiger partial charge >= 0.3 is 21.7 Å². The molecule has 1 aliphatic rings. The molecular formula is C7H10F3NO6S. The first-order chi connectivity index (χ1) is 8.15. The number of hydrogen-bond acceptors (Lipinski definition) is 5. The second-order valence-electron chi connectivity index (χ2n) is 3.39. The maximum atomic E-state index is 12.0. The van der Waals surface area contributed by atoms with E-state index < -0.39 is 34.4 Å². The van der Waals surface area contributed by atoms with Gasteiger partial charge in [-0.2, -0.15) is 21.6 Å². The van der Waals surface area contributed by atoms with Gasteiger partial charge in [0.2, 0.25) is 0 Å². The third kappa shape index (κ3) is 3.46. The molecule has 1 heterocycles. The van der Waals surface area contributed by atoms with Crippen LogP contribution in [0.4, 0.5) is 18.0 Å². The molecule has 1 saturated heterocycles. The van der Waals surface area contributed by atoms with Crippen LogP contribution in [0.25, 0.3) is 0 Å². The zero-order valence-corrected chi connectivity index (χ0v) is 9.70. The van der Waals surface area contributed by atoms with Crippen LogP contribution in [0.5, 0.6) is 0 Å². The van der Waals surface area contributed by atoms with Crippen molar-refractivity contribution in [1.29, 1.82) is 0 Å². The minimum absolute atomic E-state index is 0.0601. The SMILES string of the molecule is O=C(O)N1CCOCC1COS(=O)(=O)C(F)(F)F. The van der Waals surface area contributed by atoms with Crippen molar-refractivity contribution in [3.8, 4) is 0 Å². The average molecular weight is 293 g/mol. The molecule has 0 radical (unpaired) electrons. The minimum Gasteiger partial charge on any atom is -0.465 e. The molecule has 1 amide bonds.